The number of nitrogens with two attached hydrogens (primary N) is 1. The summed E-state index contributed by atoms with van der Waals surface area (Å²) in [5.74, 6) is -0.457. The van der Waals surface area contributed by atoms with Crippen molar-refractivity contribution in [1.29, 1.82) is 0 Å². The van der Waals surface area contributed by atoms with Crippen LogP contribution in [0.15, 0.2) is 97.2 Å². The zero-order valence-corrected chi connectivity index (χ0v) is 18.3. The average molecular weight is 422 g/mol. The second kappa shape index (κ2) is 9.58. The van der Waals surface area contributed by atoms with Gasteiger partial charge in [0.2, 0.25) is 5.91 Å². The maximum Gasteiger partial charge on any atom is 0.242 e. The van der Waals surface area contributed by atoms with Gasteiger partial charge in [0.15, 0.2) is 0 Å². The molecule has 0 bridgehead atoms. The van der Waals surface area contributed by atoms with Crippen molar-refractivity contribution < 1.29 is 4.79 Å². The van der Waals surface area contributed by atoms with Gasteiger partial charge in [0.25, 0.3) is 0 Å². The standard InChI is InChI=1S/C28H27N3O/c1-19-17-18-30-20(2)25(19)23-13-15-24(16-14-23)31-28(32)27(29)26(21-9-5-3-6-10-21)22-11-7-4-8-12-22/h3-18,26-27H,29H2,1-2H3,(H,31,32). The van der Waals surface area contributed by atoms with Crippen molar-refractivity contribution in [3.8, 4) is 11.1 Å². The fourth-order valence-electron chi connectivity index (χ4n) is 4.16. The van der Waals surface area contributed by atoms with Crippen LogP contribution in [0.4, 0.5) is 5.69 Å². The van der Waals surface area contributed by atoms with Crippen LogP contribution in [0.2, 0.25) is 0 Å². The molecule has 3 aromatic carbocycles. The lowest BCUT2D eigenvalue weighted by Crippen LogP contribution is -2.41. The number of benzene rings is 3. The zero-order valence-electron chi connectivity index (χ0n) is 18.3. The first-order valence-corrected chi connectivity index (χ1v) is 10.7. The van der Waals surface area contributed by atoms with Crippen molar-refractivity contribution in [1.82, 2.24) is 4.98 Å². The lowest BCUT2D eigenvalue weighted by molar-refractivity contribution is -0.117. The van der Waals surface area contributed by atoms with E-state index < -0.39 is 6.04 Å². The van der Waals surface area contributed by atoms with Crippen molar-refractivity contribution in [3.63, 3.8) is 0 Å². The van der Waals surface area contributed by atoms with Crippen LogP contribution < -0.4 is 11.1 Å². The first-order valence-electron chi connectivity index (χ1n) is 10.7. The quantitative estimate of drug-likeness (QED) is 0.434. The van der Waals surface area contributed by atoms with Gasteiger partial charge in [0.05, 0.1) is 6.04 Å². The van der Waals surface area contributed by atoms with Crippen molar-refractivity contribution in [2.75, 3.05) is 5.32 Å². The van der Waals surface area contributed by atoms with Gasteiger partial charge in [-0.1, -0.05) is 72.8 Å². The van der Waals surface area contributed by atoms with E-state index in [1.165, 1.54) is 5.56 Å². The topological polar surface area (TPSA) is 68.0 Å². The Bertz CT molecular complexity index is 1130. The normalized spacial score (nSPS) is 11.9. The van der Waals surface area contributed by atoms with Gasteiger partial charge in [-0.25, -0.2) is 0 Å². The molecule has 4 nitrogen and oxygen atoms in total. The van der Waals surface area contributed by atoms with Gasteiger partial charge in [0.1, 0.15) is 0 Å². The average Bonchev–Trinajstić information content (AvgIpc) is 2.81. The molecule has 0 spiro atoms. The molecule has 32 heavy (non-hydrogen) atoms. The lowest BCUT2D eigenvalue weighted by atomic mass is 9.85. The van der Waals surface area contributed by atoms with Crippen molar-refractivity contribution in [2.24, 2.45) is 5.73 Å². The molecule has 3 N–H and O–H groups in total. The number of amides is 1. The summed E-state index contributed by atoms with van der Waals surface area (Å²) >= 11 is 0. The Kier molecular flexibility index (Phi) is 6.43. The van der Waals surface area contributed by atoms with E-state index in [0.29, 0.717) is 5.69 Å². The summed E-state index contributed by atoms with van der Waals surface area (Å²) < 4.78 is 0. The third-order valence-electron chi connectivity index (χ3n) is 5.77. The Morgan fingerprint density at radius 1 is 0.812 bits per heavy atom. The maximum atomic E-state index is 13.1. The molecule has 4 heteroatoms. The number of nitrogens with one attached hydrogen (secondary N) is 1. The molecule has 1 unspecified atom stereocenters. The van der Waals surface area contributed by atoms with Gasteiger partial charge in [-0.15, -0.1) is 0 Å². The number of carbonyl (C=O) groups excluding carboxylic acids is 1. The van der Waals surface area contributed by atoms with E-state index in [2.05, 4.69) is 17.2 Å². The van der Waals surface area contributed by atoms with Crippen LogP contribution in [0, 0.1) is 13.8 Å². The Morgan fingerprint density at radius 3 is 1.91 bits per heavy atom. The van der Waals surface area contributed by atoms with Crippen molar-refractivity contribution >= 4 is 11.6 Å². The van der Waals surface area contributed by atoms with E-state index in [9.17, 15) is 4.79 Å². The molecule has 1 atom stereocenters. The lowest BCUT2D eigenvalue weighted by Gasteiger charge is -2.24. The summed E-state index contributed by atoms with van der Waals surface area (Å²) in [4.78, 5) is 17.5. The summed E-state index contributed by atoms with van der Waals surface area (Å²) in [6.07, 6.45) is 1.82. The predicted molar refractivity (Wildman–Crippen MR) is 130 cm³/mol. The summed E-state index contributed by atoms with van der Waals surface area (Å²) in [5, 5.41) is 2.99. The van der Waals surface area contributed by atoms with Gasteiger partial charge < -0.3 is 11.1 Å². The highest BCUT2D eigenvalue weighted by Crippen LogP contribution is 2.29. The molecule has 0 fully saturated rings. The summed E-state index contributed by atoms with van der Waals surface area (Å²) in [6, 6.07) is 28.9. The molecule has 0 aliphatic carbocycles. The van der Waals surface area contributed by atoms with Crippen LogP contribution in [-0.4, -0.2) is 16.9 Å². The molecule has 1 aromatic heterocycles. The summed E-state index contributed by atoms with van der Waals surface area (Å²) in [6.45, 7) is 4.08. The number of anilines is 1. The molecular weight excluding hydrogens is 394 g/mol. The van der Waals surface area contributed by atoms with Crippen LogP contribution in [0.3, 0.4) is 0 Å². The molecule has 1 amide bonds. The highest BCUT2D eigenvalue weighted by Gasteiger charge is 2.27. The molecule has 0 radical (unpaired) electrons. The fourth-order valence-corrected chi connectivity index (χ4v) is 4.16. The number of hydrogen-bond acceptors (Lipinski definition) is 3. The van der Waals surface area contributed by atoms with Crippen LogP contribution in [-0.2, 0) is 4.79 Å². The molecule has 0 saturated carbocycles. The van der Waals surface area contributed by atoms with E-state index in [-0.39, 0.29) is 11.8 Å². The summed E-state index contributed by atoms with van der Waals surface area (Å²) in [7, 11) is 0. The Labute approximate surface area is 189 Å². The second-order valence-corrected chi connectivity index (χ2v) is 7.98. The van der Waals surface area contributed by atoms with E-state index in [1.807, 2.05) is 104 Å². The van der Waals surface area contributed by atoms with Crippen LogP contribution in [0.1, 0.15) is 28.3 Å². The Hall–Kier alpha value is -3.76. The first-order chi connectivity index (χ1) is 15.5. The van der Waals surface area contributed by atoms with Gasteiger partial charge in [-0.3, -0.25) is 9.78 Å². The Balaban J connectivity index is 1.56. The SMILES string of the molecule is Cc1ccnc(C)c1-c1ccc(NC(=O)C(N)C(c2ccccc2)c2ccccc2)cc1. The molecule has 160 valence electrons. The number of carbonyl (C=O) groups is 1. The largest absolute Gasteiger partial charge is 0.325 e. The molecule has 0 aliphatic rings. The highest BCUT2D eigenvalue weighted by atomic mass is 16.2. The van der Waals surface area contributed by atoms with Crippen molar-refractivity contribution in [2.45, 2.75) is 25.8 Å². The Morgan fingerprint density at radius 2 is 1.38 bits per heavy atom. The highest BCUT2D eigenvalue weighted by molar-refractivity contribution is 5.96. The first kappa shape index (κ1) is 21.5. The number of rotatable bonds is 6. The van der Waals surface area contributed by atoms with E-state index >= 15 is 0 Å². The van der Waals surface area contributed by atoms with E-state index in [0.717, 1.165) is 27.9 Å². The number of aryl methyl sites for hydroxylation is 2. The van der Waals surface area contributed by atoms with Crippen LogP contribution >= 0.6 is 0 Å². The maximum absolute atomic E-state index is 13.1. The molecular formula is C28H27N3O. The van der Waals surface area contributed by atoms with Crippen LogP contribution in [0.5, 0.6) is 0 Å². The molecule has 0 saturated heterocycles. The van der Waals surface area contributed by atoms with Gasteiger partial charge >= 0.3 is 0 Å². The van der Waals surface area contributed by atoms with Crippen molar-refractivity contribution in [3.05, 3.63) is 120 Å². The van der Waals surface area contributed by atoms with E-state index in [4.69, 9.17) is 5.73 Å². The minimum absolute atomic E-state index is 0.218. The smallest absolute Gasteiger partial charge is 0.242 e. The molecule has 4 rings (SSSR count). The monoisotopic (exact) mass is 421 g/mol. The van der Waals surface area contributed by atoms with Gasteiger partial charge in [-0.05, 0) is 54.3 Å². The molecule has 1 heterocycles. The number of aromatic nitrogens is 1. The number of nitrogens with zero attached hydrogens (tertiary/aromatic N) is 1. The minimum Gasteiger partial charge on any atom is -0.325 e. The molecule has 4 aromatic rings. The fraction of sp³-hybridized carbons (Fsp3) is 0.143. The number of hydrogen-bond donors (Lipinski definition) is 2. The van der Waals surface area contributed by atoms with Crippen LogP contribution in [0.25, 0.3) is 11.1 Å². The van der Waals surface area contributed by atoms with E-state index in [1.54, 1.807) is 0 Å². The predicted octanol–water partition coefficient (Wildman–Crippen LogP) is 5.46. The molecule has 0 aliphatic heterocycles. The zero-order chi connectivity index (χ0) is 22.5. The second-order valence-electron chi connectivity index (χ2n) is 7.98. The minimum atomic E-state index is -0.734. The summed E-state index contributed by atoms with van der Waals surface area (Å²) in [5.41, 5.74) is 13.6. The van der Waals surface area contributed by atoms with Gasteiger partial charge in [-0.2, -0.15) is 0 Å². The van der Waals surface area contributed by atoms with Gasteiger partial charge in [0, 0.05) is 29.1 Å². The number of pyridine rings is 1. The third kappa shape index (κ3) is 4.61. The third-order valence-corrected chi connectivity index (χ3v) is 5.77.